The number of rotatable bonds is 5. The maximum Gasteiger partial charge on any atom is 0.328 e. The van der Waals surface area contributed by atoms with Gasteiger partial charge in [0.15, 0.2) is 0 Å². The van der Waals surface area contributed by atoms with Crippen molar-refractivity contribution in [2.75, 3.05) is 21.2 Å². The smallest absolute Gasteiger partial charge is 0.328 e. The van der Waals surface area contributed by atoms with Crippen LogP contribution in [0.5, 0.6) is 5.75 Å². The minimum absolute atomic E-state index is 0.671. The van der Waals surface area contributed by atoms with E-state index in [1.807, 2.05) is 37.2 Å². The normalized spacial score (nSPS) is 11.1. The first-order valence-corrected chi connectivity index (χ1v) is 5.25. The number of aliphatic carboxylic acids is 1. The summed E-state index contributed by atoms with van der Waals surface area (Å²) in [4.78, 5) is 12.5. The SMILES string of the molecule is COc1ccc(CN(C)C)cc1/C=C/C(=O)O. The van der Waals surface area contributed by atoms with Gasteiger partial charge >= 0.3 is 5.97 Å². The largest absolute Gasteiger partial charge is 0.496 e. The zero-order chi connectivity index (χ0) is 12.8. The Morgan fingerprint density at radius 3 is 2.71 bits per heavy atom. The lowest BCUT2D eigenvalue weighted by atomic mass is 10.1. The van der Waals surface area contributed by atoms with Crippen molar-refractivity contribution in [1.29, 1.82) is 0 Å². The highest BCUT2D eigenvalue weighted by Gasteiger charge is 2.03. The van der Waals surface area contributed by atoms with Crippen molar-refractivity contribution in [3.8, 4) is 5.75 Å². The minimum atomic E-state index is -0.968. The Kier molecular flexibility index (Phi) is 4.72. The Labute approximate surface area is 101 Å². The summed E-state index contributed by atoms with van der Waals surface area (Å²) in [5.41, 5.74) is 1.88. The van der Waals surface area contributed by atoms with Gasteiger partial charge in [-0.1, -0.05) is 6.07 Å². The Bertz CT molecular complexity index is 425. The second-order valence-electron chi connectivity index (χ2n) is 3.99. The molecule has 4 nitrogen and oxygen atoms in total. The third kappa shape index (κ3) is 4.28. The highest BCUT2D eigenvalue weighted by molar-refractivity contribution is 5.85. The van der Waals surface area contributed by atoms with Crippen molar-refractivity contribution in [2.24, 2.45) is 0 Å². The monoisotopic (exact) mass is 235 g/mol. The molecule has 17 heavy (non-hydrogen) atoms. The summed E-state index contributed by atoms with van der Waals surface area (Å²) < 4.78 is 5.18. The molecule has 0 radical (unpaired) electrons. The standard InChI is InChI=1S/C13H17NO3/c1-14(2)9-10-4-6-12(17-3)11(8-10)5-7-13(15)16/h4-8H,9H2,1-3H3,(H,15,16)/b7-5+. The van der Waals surface area contributed by atoms with E-state index in [4.69, 9.17) is 9.84 Å². The van der Waals surface area contributed by atoms with Crippen molar-refractivity contribution in [3.05, 3.63) is 35.4 Å². The first-order valence-electron chi connectivity index (χ1n) is 5.25. The van der Waals surface area contributed by atoms with Gasteiger partial charge < -0.3 is 14.7 Å². The fourth-order valence-corrected chi connectivity index (χ4v) is 1.54. The van der Waals surface area contributed by atoms with Crippen LogP contribution < -0.4 is 4.74 Å². The molecular weight excluding hydrogens is 218 g/mol. The van der Waals surface area contributed by atoms with Crippen molar-refractivity contribution >= 4 is 12.0 Å². The lowest BCUT2D eigenvalue weighted by Crippen LogP contribution is -2.10. The van der Waals surface area contributed by atoms with Gasteiger partial charge in [0.05, 0.1) is 7.11 Å². The maximum atomic E-state index is 10.5. The molecule has 1 rings (SSSR count). The first kappa shape index (κ1) is 13.3. The van der Waals surface area contributed by atoms with Gasteiger partial charge in [-0.15, -0.1) is 0 Å². The van der Waals surface area contributed by atoms with Crippen LogP contribution in [-0.2, 0) is 11.3 Å². The number of benzene rings is 1. The molecule has 0 saturated carbocycles. The number of carboxylic acids is 1. The van der Waals surface area contributed by atoms with Gasteiger partial charge in [0, 0.05) is 18.2 Å². The second kappa shape index (κ2) is 6.06. The number of nitrogens with zero attached hydrogens (tertiary/aromatic N) is 1. The molecular formula is C13H17NO3. The lowest BCUT2D eigenvalue weighted by Gasteiger charge is -2.12. The first-order chi connectivity index (χ1) is 8.02. The molecule has 0 unspecified atom stereocenters. The number of carbonyl (C=O) groups is 1. The molecule has 0 saturated heterocycles. The van der Waals surface area contributed by atoms with E-state index in [0.29, 0.717) is 5.75 Å². The molecule has 92 valence electrons. The van der Waals surface area contributed by atoms with E-state index < -0.39 is 5.97 Å². The summed E-state index contributed by atoms with van der Waals surface area (Å²) >= 11 is 0. The molecule has 0 aliphatic heterocycles. The predicted molar refractivity (Wildman–Crippen MR) is 67.1 cm³/mol. The van der Waals surface area contributed by atoms with Crippen LogP contribution in [0.2, 0.25) is 0 Å². The fourth-order valence-electron chi connectivity index (χ4n) is 1.54. The molecule has 0 fully saturated rings. The molecule has 0 bridgehead atoms. The average molecular weight is 235 g/mol. The summed E-state index contributed by atoms with van der Waals surface area (Å²) in [5, 5.41) is 8.62. The van der Waals surface area contributed by atoms with Crippen LogP contribution in [0.1, 0.15) is 11.1 Å². The lowest BCUT2D eigenvalue weighted by molar-refractivity contribution is -0.131. The van der Waals surface area contributed by atoms with Gasteiger partial charge in [-0.2, -0.15) is 0 Å². The van der Waals surface area contributed by atoms with Crippen LogP contribution in [0.3, 0.4) is 0 Å². The van der Waals surface area contributed by atoms with Gasteiger partial charge in [0.1, 0.15) is 5.75 Å². The molecule has 0 aromatic heterocycles. The Hall–Kier alpha value is -1.81. The maximum absolute atomic E-state index is 10.5. The fraction of sp³-hybridized carbons (Fsp3) is 0.308. The highest BCUT2D eigenvalue weighted by Crippen LogP contribution is 2.21. The average Bonchev–Trinajstić information content (AvgIpc) is 2.25. The molecule has 0 atom stereocenters. The van der Waals surface area contributed by atoms with Crippen molar-refractivity contribution < 1.29 is 14.6 Å². The highest BCUT2D eigenvalue weighted by atomic mass is 16.5. The quantitative estimate of drug-likeness (QED) is 0.791. The number of ether oxygens (including phenoxy) is 1. The minimum Gasteiger partial charge on any atom is -0.496 e. The molecule has 0 amide bonds. The van der Waals surface area contributed by atoms with Gasteiger partial charge in [-0.3, -0.25) is 0 Å². The molecule has 1 aromatic rings. The second-order valence-corrected chi connectivity index (χ2v) is 3.99. The third-order valence-corrected chi connectivity index (χ3v) is 2.20. The molecule has 0 spiro atoms. The van der Waals surface area contributed by atoms with E-state index in [1.165, 1.54) is 0 Å². The topological polar surface area (TPSA) is 49.8 Å². The zero-order valence-corrected chi connectivity index (χ0v) is 10.3. The van der Waals surface area contributed by atoms with Crippen LogP contribution in [0.4, 0.5) is 0 Å². The molecule has 0 aliphatic carbocycles. The van der Waals surface area contributed by atoms with E-state index in [2.05, 4.69) is 0 Å². The van der Waals surface area contributed by atoms with E-state index in [1.54, 1.807) is 13.2 Å². The Balaban J connectivity index is 3.01. The van der Waals surface area contributed by atoms with Crippen LogP contribution in [0.15, 0.2) is 24.3 Å². The van der Waals surface area contributed by atoms with Crippen LogP contribution in [0.25, 0.3) is 6.08 Å². The van der Waals surface area contributed by atoms with E-state index in [9.17, 15) is 4.79 Å². The number of hydrogen-bond acceptors (Lipinski definition) is 3. The molecule has 0 heterocycles. The van der Waals surface area contributed by atoms with Gasteiger partial charge in [0.2, 0.25) is 0 Å². The number of methoxy groups -OCH3 is 1. The summed E-state index contributed by atoms with van der Waals surface area (Å²) in [6.07, 6.45) is 2.65. The van der Waals surface area contributed by atoms with E-state index in [0.717, 1.165) is 23.7 Å². The van der Waals surface area contributed by atoms with E-state index in [-0.39, 0.29) is 0 Å². The van der Waals surface area contributed by atoms with Crippen molar-refractivity contribution in [2.45, 2.75) is 6.54 Å². The van der Waals surface area contributed by atoms with Crippen molar-refractivity contribution in [3.63, 3.8) is 0 Å². The molecule has 0 aliphatic rings. The Morgan fingerprint density at radius 2 is 2.18 bits per heavy atom. The summed E-state index contributed by atoms with van der Waals surface area (Å²) in [6, 6.07) is 5.75. The Morgan fingerprint density at radius 1 is 1.47 bits per heavy atom. The summed E-state index contributed by atoms with van der Waals surface area (Å²) in [6.45, 7) is 0.803. The molecule has 1 aromatic carbocycles. The van der Waals surface area contributed by atoms with Gasteiger partial charge in [-0.25, -0.2) is 4.79 Å². The molecule has 4 heteroatoms. The third-order valence-electron chi connectivity index (χ3n) is 2.20. The van der Waals surface area contributed by atoms with Gasteiger partial charge in [-0.05, 0) is 37.9 Å². The van der Waals surface area contributed by atoms with Crippen LogP contribution in [-0.4, -0.2) is 37.2 Å². The van der Waals surface area contributed by atoms with E-state index >= 15 is 0 Å². The summed E-state index contributed by atoms with van der Waals surface area (Å²) in [7, 11) is 5.53. The number of hydrogen-bond donors (Lipinski definition) is 1. The zero-order valence-electron chi connectivity index (χ0n) is 10.3. The van der Waals surface area contributed by atoms with Gasteiger partial charge in [0.25, 0.3) is 0 Å². The predicted octanol–water partition coefficient (Wildman–Crippen LogP) is 1.85. The van der Waals surface area contributed by atoms with Crippen molar-refractivity contribution in [1.82, 2.24) is 4.90 Å². The van der Waals surface area contributed by atoms with Crippen LogP contribution in [0, 0.1) is 0 Å². The number of carboxylic acid groups (broad SMARTS) is 1. The molecule has 1 N–H and O–H groups in total. The summed E-state index contributed by atoms with van der Waals surface area (Å²) in [5.74, 6) is -0.296. The van der Waals surface area contributed by atoms with Crippen LogP contribution >= 0.6 is 0 Å².